The Morgan fingerprint density at radius 1 is 1.10 bits per heavy atom. The fraction of sp³-hybridized carbons (Fsp3) is 0.630. The molecular formula is C27H40FN3O9. The van der Waals surface area contributed by atoms with Crippen LogP contribution >= 0.6 is 0 Å². The lowest BCUT2D eigenvalue weighted by Gasteiger charge is -2.38. The lowest BCUT2D eigenvalue weighted by Crippen LogP contribution is -2.58. The second kappa shape index (κ2) is 14.3. The molecule has 1 amide bonds. The van der Waals surface area contributed by atoms with Gasteiger partial charge in [0, 0.05) is 24.1 Å². The molecule has 0 saturated carbocycles. The Morgan fingerprint density at radius 2 is 1.73 bits per heavy atom. The Hall–Kier alpha value is -2.65. The number of carbonyl (C=O) groups is 1. The number of amides is 1. The normalized spacial score (nSPS) is 23.4. The van der Waals surface area contributed by atoms with Gasteiger partial charge in [-0.15, -0.1) is 5.10 Å². The van der Waals surface area contributed by atoms with E-state index in [0.29, 0.717) is 24.8 Å². The maximum atomic E-state index is 14.1. The molecule has 12 nitrogen and oxygen atoms in total. The molecule has 1 saturated heterocycles. The predicted octanol–water partition coefficient (Wildman–Crippen LogP) is -0.566. The minimum atomic E-state index is -1.96. The Labute approximate surface area is 231 Å². The van der Waals surface area contributed by atoms with E-state index < -0.39 is 62.7 Å². The van der Waals surface area contributed by atoms with Gasteiger partial charge in [-0.1, -0.05) is 38.1 Å². The van der Waals surface area contributed by atoms with E-state index in [-0.39, 0.29) is 24.1 Å². The van der Waals surface area contributed by atoms with E-state index in [9.17, 15) is 39.8 Å². The number of hydrogen-bond donors (Lipinski definition) is 8. The van der Waals surface area contributed by atoms with Gasteiger partial charge in [-0.05, 0) is 29.9 Å². The van der Waals surface area contributed by atoms with Crippen molar-refractivity contribution in [1.82, 2.24) is 15.5 Å². The van der Waals surface area contributed by atoms with Crippen LogP contribution in [-0.2, 0) is 22.4 Å². The number of rotatable bonds is 14. The first-order valence-electron chi connectivity index (χ1n) is 13.3. The van der Waals surface area contributed by atoms with Crippen molar-refractivity contribution in [2.75, 3.05) is 26.4 Å². The molecule has 8 N–H and O–H groups in total. The van der Waals surface area contributed by atoms with Crippen molar-refractivity contribution >= 4 is 5.91 Å². The zero-order valence-electron chi connectivity index (χ0n) is 22.7. The van der Waals surface area contributed by atoms with Gasteiger partial charge >= 0.3 is 0 Å². The molecule has 40 heavy (non-hydrogen) atoms. The molecule has 1 aromatic heterocycles. The quantitative estimate of drug-likeness (QED) is 0.146. The van der Waals surface area contributed by atoms with Crippen LogP contribution in [0.2, 0.25) is 0 Å². The largest absolute Gasteiger partial charge is 0.443 e. The van der Waals surface area contributed by atoms with Crippen LogP contribution in [0.5, 0.6) is 5.88 Å². The Morgan fingerprint density at radius 3 is 2.30 bits per heavy atom. The van der Waals surface area contributed by atoms with Crippen molar-refractivity contribution < 1.29 is 49.3 Å². The highest BCUT2D eigenvalue weighted by Gasteiger charge is 2.46. The zero-order valence-corrected chi connectivity index (χ0v) is 22.7. The fourth-order valence-corrected chi connectivity index (χ4v) is 4.46. The summed E-state index contributed by atoms with van der Waals surface area (Å²) in [7, 11) is 0. The topological polar surface area (TPSA) is 198 Å². The van der Waals surface area contributed by atoms with Crippen LogP contribution in [0.15, 0.2) is 24.3 Å². The second-order valence-electron chi connectivity index (χ2n) is 10.5. The average molecular weight is 570 g/mol. The smallest absolute Gasteiger partial charge is 0.238 e. The van der Waals surface area contributed by atoms with Gasteiger partial charge in [-0.3, -0.25) is 9.89 Å². The van der Waals surface area contributed by atoms with Crippen LogP contribution in [0.3, 0.4) is 0 Å². The number of carbonyl (C=O) groups excluding carboxylic acids is 1. The maximum absolute atomic E-state index is 14.1. The lowest BCUT2D eigenvalue weighted by molar-refractivity contribution is -0.265. The highest BCUT2D eigenvalue weighted by atomic mass is 19.1. The number of benzene rings is 1. The third kappa shape index (κ3) is 7.55. The molecule has 224 valence electrons. The van der Waals surface area contributed by atoms with Crippen LogP contribution in [0, 0.1) is 0 Å². The number of halogens is 1. The minimum Gasteiger partial charge on any atom is -0.443 e. The molecule has 1 aromatic carbocycles. The molecule has 2 aromatic rings. The van der Waals surface area contributed by atoms with Crippen LogP contribution in [0.4, 0.5) is 4.39 Å². The number of nitrogens with zero attached hydrogens (tertiary/aromatic N) is 1. The van der Waals surface area contributed by atoms with Gasteiger partial charge in [-0.2, -0.15) is 0 Å². The van der Waals surface area contributed by atoms with E-state index in [2.05, 4.69) is 15.5 Å². The number of ether oxygens (including phenoxy) is 2. The number of alkyl halides is 1. The van der Waals surface area contributed by atoms with Crippen molar-refractivity contribution in [3.63, 3.8) is 0 Å². The first kappa shape index (κ1) is 31.9. The third-order valence-electron chi connectivity index (χ3n) is 7.05. The summed E-state index contributed by atoms with van der Waals surface area (Å²) in [6.07, 6.45) is -6.53. The lowest BCUT2D eigenvalue weighted by atomic mass is 9.98. The number of hydrogen-bond acceptors (Lipinski definition) is 10. The highest BCUT2D eigenvalue weighted by molar-refractivity contribution is 5.76. The number of aliphatic hydroxyl groups is 6. The SMILES string of the molecule is CC(C)c1[nH]nc(O[C@@H]2O[C@H](CO)[C@@H](F)[C@H](O)[C@@H]2O)c1Cc1ccc(CCCC(=O)NC(CO)(CO)CO)cc1. The van der Waals surface area contributed by atoms with Gasteiger partial charge < -0.3 is 45.4 Å². The van der Waals surface area contributed by atoms with Gasteiger partial charge in [0.15, 0.2) is 6.17 Å². The summed E-state index contributed by atoms with van der Waals surface area (Å²) in [5, 5.41) is 67.4. The van der Waals surface area contributed by atoms with E-state index in [1.54, 1.807) is 0 Å². The van der Waals surface area contributed by atoms with Crippen LogP contribution in [0.1, 0.15) is 55.0 Å². The van der Waals surface area contributed by atoms with E-state index in [0.717, 1.165) is 16.8 Å². The fourth-order valence-electron chi connectivity index (χ4n) is 4.46. The maximum Gasteiger partial charge on any atom is 0.238 e. The number of aryl methyl sites for hydroxylation is 1. The molecule has 5 atom stereocenters. The van der Waals surface area contributed by atoms with E-state index in [1.165, 1.54) is 0 Å². The highest BCUT2D eigenvalue weighted by Crippen LogP contribution is 2.31. The molecular weight excluding hydrogens is 529 g/mol. The predicted molar refractivity (Wildman–Crippen MR) is 140 cm³/mol. The van der Waals surface area contributed by atoms with Crippen molar-refractivity contribution in [3.05, 3.63) is 46.6 Å². The molecule has 1 aliphatic heterocycles. The van der Waals surface area contributed by atoms with E-state index in [1.807, 2.05) is 38.1 Å². The molecule has 1 aliphatic rings. The van der Waals surface area contributed by atoms with Crippen molar-refractivity contribution in [3.8, 4) is 5.88 Å². The van der Waals surface area contributed by atoms with Crippen molar-refractivity contribution in [2.24, 2.45) is 0 Å². The zero-order chi connectivity index (χ0) is 29.4. The van der Waals surface area contributed by atoms with Gasteiger partial charge in [0.2, 0.25) is 18.1 Å². The van der Waals surface area contributed by atoms with Crippen molar-refractivity contribution in [2.45, 2.75) is 81.8 Å². The molecule has 2 heterocycles. The van der Waals surface area contributed by atoms with Gasteiger partial charge in [0.1, 0.15) is 23.9 Å². The molecule has 3 rings (SSSR count). The summed E-state index contributed by atoms with van der Waals surface area (Å²) in [5.74, 6) is -0.196. The van der Waals surface area contributed by atoms with E-state index in [4.69, 9.17) is 9.47 Å². The molecule has 0 bridgehead atoms. The minimum absolute atomic E-state index is 0.0507. The Kier molecular flexibility index (Phi) is 11.4. The number of aromatic amines is 1. The Bertz CT molecular complexity index is 1070. The molecule has 13 heteroatoms. The molecule has 0 unspecified atom stereocenters. The average Bonchev–Trinajstić information content (AvgIpc) is 3.35. The summed E-state index contributed by atoms with van der Waals surface area (Å²) in [5.41, 5.74) is 1.97. The van der Waals surface area contributed by atoms with Crippen molar-refractivity contribution in [1.29, 1.82) is 0 Å². The van der Waals surface area contributed by atoms with Gasteiger partial charge in [0.25, 0.3) is 0 Å². The molecule has 0 aliphatic carbocycles. The first-order valence-corrected chi connectivity index (χ1v) is 13.3. The Balaban J connectivity index is 1.64. The number of aromatic nitrogens is 2. The molecule has 1 fully saturated rings. The standard InChI is InChI=1S/C27H40FN3O9/c1-15(2)22-18(25(31-30-22)40-26-24(38)23(37)21(28)19(11-32)39-26)10-17-8-6-16(7-9-17)4-3-5-20(36)29-27(12-33,13-34)14-35/h6-9,15,19,21,23-24,26,32-35,37-38H,3-5,10-14H2,1-2H3,(H,29,36)(H,30,31)/t19-,21-,23+,24+,26+/m1/s1. The second-order valence-corrected chi connectivity index (χ2v) is 10.5. The van der Waals surface area contributed by atoms with Gasteiger partial charge in [-0.25, -0.2) is 4.39 Å². The summed E-state index contributed by atoms with van der Waals surface area (Å²) < 4.78 is 25.2. The van der Waals surface area contributed by atoms with Crippen LogP contribution < -0.4 is 10.1 Å². The summed E-state index contributed by atoms with van der Waals surface area (Å²) in [6.45, 7) is 1.51. The third-order valence-corrected chi connectivity index (χ3v) is 7.05. The molecule has 0 radical (unpaired) electrons. The van der Waals surface area contributed by atoms with Gasteiger partial charge in [0.05, 0.1) is 26.4 Å². The van der Waals surface area contributed by atoms with Crippen LogP contribution in [0.25, 0.3) is 0 Å². The van der Waals surface area contributed by atoms with E-state index >= 15 is 0 Å². The number of H-pyrrole nitrogens is 1. The monoisotopic (exact) mass is 569 g/mol. The first-order chi connectivity index (χ1) is 19.1. The summed E-state index contributed by atoms with van der Waals surface area (Å²) in [6, 6.07) is 7.71. The number of aliphatic hydroxyl groups excluding tert-OH is 6. The van der Waals surface area contributed by atoms with Crippen LogP contribution in [-0.4, -0.2) is 109 Å². The summed E-state index contributed by atoms with van der Waals surface area (Å²) in [4.78, 5) is 12.2. The molecule has 0 spiro atoms. The number of nitrogens with one attached hydrogen (secondary N) is 2. The summed E-state index contributed by atoms with van der Waals surface area (Å²) >= 11 is 0.